The lowest BCUT2D eigenvalue weighted by atomic mass is 9.73. The summed E-state index contributed by atoms with van der Waals surface area (Å²) in [6.07, 6.45) is 8.50. The molecule has 1 aromatic heterocycles. The predicted octanol–water partition coefficient (Wildman–Crippen LogP) is 10.1. The van der Waals surface area contributed by atoms with Gasteiger partial charge in [0.15, 0.2) is 29.2 Å². The highest BCUT2D eigenvalue weighted by Gasteiger charge is 2.44. The van der Waals surface area contributed by atoms with Gasteiger partial charge in [0.1, 0.15) is 11.6 Å². The number of hydrogen-bond acceptors (Lipinski definition) is 11. The minimum atomic E-state index is -1.86. The van der Waals surface area contributed by atoms with E-state index < -0.39 is 47.6 Å². The van der Waals surface area contributed by atoms with Gasteiger partial charge < -0.3 is 51.2 Å². The van der Waals surface area contributed by atoms with Crippen LogP contribution in [0.3, 0.4) is 0 Å². The molecule has 3 heterocycles. The number of aryl methyl sites for hydroxylation is 2. The Balaban J connectivity index is 1.08. The maximum atomic E-state index is 15.2. The predicted molar refractivity (Wildman–Crippen MR) is 315 cm³/mol. The second kappa shape index (κ2) is 25.5. The van der Waals surface area contributed by atoms with Gasteiger partial charge in [0.05, 0.1) is 25.2 Å². The van der Waals surface area contributed by atoms with Crippen molar-refractivity contribution in [3.8, 4) is 29.1 Å². The van der Waals surface area contributed by atoms with E-state index in [0.717, 1.165) is 62.4 Å². The first-order chi connectivity index (χ1) is 38.8. The van der Waals surface area contributed by atoms with E-state index in [-0.39, 0.29) is 60.2 Å². The molecule has 1 saturated carbocycles. The zero-order valence-corrected chi connectivity index (χ0v) is 46.4. The van der Waals surface area contributed by atoms with Crippen LogP contribution in [-0.4, -0.2) is 87.1 Å². The molecule has 5 aromatic carbocycles. The third kappa shape index (κ3) is 12.9. The van der Waals surface area contributed by atoms with Crippen molar-refractivity contribution in [1.29, 1.82) is 0 Å². The molecule has 2 aliphatic heterocycles. The van der Waals surface area contributed by atoms with E-state index >= 15 is 4.79 Å². The lowest BCUT2D eigenvalue weighted by Gasteiger charge is -2.33. The van der Waals surface area contributed by atoms with Crippen LogP contribution in [0.1, 0.15) is 115 Å². The fraction of sp³-hybridized carbons (Fsp3) is 0.412. The lowest BCUT2D eigenvalue weighted by molar-refractivity contribution is -0.142. The van der Waals surface area contributed by atoms with E-state index in [9.17, 15) is 30.3 Å². The number of H-pyrrole nitrogens is 1. The highest BCUT2D eigenvalue weighted by molar-refractivity contribution is 6.06. The molecule has 1 fully saturated rings. The van der Waals surface area contributed by atoms with Crippen LogP contribution in [0, 0.1) is 41.4 Å². The second-order valence-electron chi connectivity index (χ2n) is 23.1. The fourth-order valence-electron chi connectivity index (χ4n) is 13.3. The largest absolute Gasteiger partial charge is 0.507 e. The maximum absolute atomic E-state index is 15.2. The monoisotopic (exact) mass is 1080 g/mol. The van der Waals surface area contributed by atoms with Crippen molar-refractivity contribution in [3.05, 3.63) is 178 Å². The van der Waals surface area contributed by atoms with Gasteiger partial charge in [0.25, 0.3) is 0 Å². The SMILES string of the molecule is CCCC1C(O)Cc2cc(c[nH]2)C(C)CNCC(O)Cc2ccc3ccc(cc3c2O)NC2=CC(=CCN2)CC2CC3C#CC(c4ccccc4)c4c(cc(OC)c(O)c4CCc4ccccc4)CCC(=O)C(O)C(=O)C3CC1C2. The Bertz CT molecular complexity index is 3280. The molecule has 2 aliphatic carbocycles. The number of anilines is 1. The first-order valence-corrected chi connectivity index (χ1v) is 29.0. The number of hydrogen-bond donors (Lipinski definition) is 9. The Morgan fingerprint density at radius 1 is 0.775 bits per heavy atom. The number of aromatic nitrogens is 1. The maximum Gasteiger partial charge on any atom is 0.173 e. The van der Waals surface area contributed by atoms with Gasteiger partial charge in [0, 0.05) is 79.3 Å². The summed E-state index contributed by atoms with van der Waals surface area (Å²) in [5.74, 6) is 5.44. The van der Waals surface area contributed by atoms with Gasteiger partial charge in [-0.1, -0.05) is 117 Å². The third-order valence-electron chi connectivity index (χ3n) is 17.5. The summed E-state index contributed by atoms with van der Waals surface area (Å²) in [6.45, 7) is 5.77. The summed E-state index contributed by atoms with van der Waals surface area (Å²) in [4.78, 5) is 33.1. The number of aliphatic hydroxyl groups excluding tert-OH is 3. The molecule has 9 bridgehead atoms. The van der Waals surface area contributed by atoms with Crippen molar-refractivity contribution in [2.24, 2.45) is 29.6 Å². The van der Waals surface area contributed by atoms with E-state index in [1.54, 1.807) is 6.07 Å². The van der Waals surface area contributed by atoms with E-state index in [2.05, 4.69) is 77.0 Å². The highest BCUT2D eigenvalue weighted by Crippen LogP contribution is 2.47. The quantitative estimate of drug-likeness (QED) is 0.0545. The number of carbonyl (C=O) groups excluding carboxylic acids is 2. The van der Waals surface area contributed by atoms with Crippen LogP contribution >= 0.6 is 0 Å². The van der Waals surface area contributed by atoms with Gasteiger partial charge in [-0.15, -0.1) is 0 Å². The minimum absolute atomic E-state index is 0.0187. The van der Waals surface area contributed by atoms with Crippen molar-refractivity contribution in [3.63, 3.8) is 0 Å². The fourth-order valence-corrected chi connectivity index (χ4v) is 13.3. The number of aromatic hydroxyl groups is 2. The number of Topliss-reactive ketones (excluding diaryl/α,β-unsaturated/α-hetero) is 2. The molecule has 9 N–H and O–H groups in total. The Labute approximate surface area is 470 Å². The first kappa shape index (κ1) is 56.1. The number of allylic oxidation sites excluding steroid dienone is 2. The number of nitrogens with one attached hydrogen (secondary N) is 4. The van der Waals surface area contributed by atoms with Gasteiger partial charge >= 0.3 is 0 Å². The average Bonchev–Trinajstić information content (AvgIpc) is 4.02. The smallest absolute Gasteiger partial charge is 0.173 e. The molecule has 10 atom stereocenters. The molecule has 0 saturated heterocycles. The second-order valence-corrected chi connectivity index (χ2v) is 23.1. The first-order valence-electron chi connectivity index (χ1n) is 29.0. The molecular weight excluding hydrogens is 1000 g/mol. The van der Waals surface area contributed by atoms with Gasteiger partial charge in [-0.25, -0.2) is 0 Å². The topological polar surface area (TPSA) is 196 Å². The van der Waals surface area contributed by atoms with Crippen molar-refractivity contribution >= 4 is 28.0 Å². The van der Waals surface area contributed by atoms with Crippen LogP contribution in [0.5, 0.6) is 17.2 Å². The molecule has 80 heavy (non-hydrogen) atoms. The highest BCUT2D eigenvalue weighted by atomic mass is 16.5. The molecule has 12 heteroatoms. The van der Waals surface area contributed by atoms with Crippen LogP contribution in [0.15, 0.2) is 133 Å². The van der Waals surface area contributed by atoms with Crippen LogP contribution in [0.25, 0.3) is 10.8 Å². The standard InChI is InChI=1S/C68H78N4O8/c1-4-11-55-50-30-44(28-43-26-27-70-63(31-43)72-52-22-19-46-17-18-49(65(76)59(46)36-52)33-54(73)40-69-38-41(2)51-32-53(71-39-51)37-61(55)75)29-47-20-24-56(45-14-9-6-10-15-45)64-48(21-25-60(74)68(79)67(78)58(47)34-50)35-62(80-3)66(77)57(64)23-16-42-12-7-5-8-13-42/h5-10,12-15,17-19,22,26,31-32,35-36,39,41,44,47,50,54-56,58,61,68-73,75-77,79H,4,11,16,21,23,25,27-30,33-34,37-38,40H2,1-3H3. The minimum Gasteiger partial charge on any atom is -0.507 e. The molecule has 12 nitrogen and oxygen atoms in total. The van der Waals surface area contributed by atoms with Gasteiger partial charge in [0.2, 0.25) is 0 Å². The summed E-state index contributed by atoms with van der Waals surface area (Å²) >= 11 is 0. The Kier molecular flexibility index (Phi) is 17.9. The summed E-state index contributed by atoms with van der Waals surface area (Å²) < 4.78 is 5.80. The number of dihydropyridines is 1. The van der Waals surface area contributed by atoms with Gasteiger partial charge in [-0.05, 0) is 150 Å². The van der Waals surface area contributed by atoms with Crippen LogP contribution in [-0.2, 0) is 41.7 Å². The van der Waals surface area contributed by atoms with Crippen molar-refractivity contribution < 1.29 is 39.9 Å². The molecular formula is C68H78N4O8. The number of aliphatic hydroxyl groups is 3. The summed E-state index contributed by atoms with van der Waals surface area (Å²) in [5.41, 5.74) is 8.81. The van der Waals surface area contributed by atoms with Crippen molar-refractivity contribution in [2.45, 2.75) is 121 Å². The van der Waals surface area contributed by atoms with Gasteiger partial charge in [-0.2, -0.15) is 0 Å². The van der Waals surface area contributed by atoms with Gasteiger partial charge in [-0.3, -0.25) is 9.59 Å². The Morgan fingerprint density at radius 2 is 1.56 bits per heavy atom. The van der Waals surface area contributed by atoms with Crippen molar-refractivity contribution in [1.82, 2.24) is 15.6 Å². The molecule has 0 amide bonds. The number of benzene rings is 5. The zero-order chi connectivity index (χ0) is 55.9. The van der Waals surface area contributed by atoms with E-state index in [1.807, 2.05) is 85.1 Å². The number of fused-ring (bicyclic) bond motifs is 9. The molecule has 0 spiro atoms. The summed E-state index contributed by atoms with van der Waals surface area (Å²) in [6, 6.07) is 33.8. The molecule has 4 aliphatic rings. The number of aromatic amines is 1. The summed E-state index contributed by atoms with van der Waals surface area (Å²) in [5, 5.41) is 71.6. The molecule has 6 aromatic rings. The normalized spacial score (nSPS) is 26.0. The molecule has 418 valence electrons. The van der Waals surface area contributed by atoms with Crippen LogP contribution in [0.4, 0.5) is 5.69 Å². The number of ketones is 2. The number of phenolic OH excluding ortho intramolecular Hbond substituents is 2. The van der Waals surface area contributed by atoms with Crippen molar-refractivity contribution in [2.75, 3.05) is 32.1 Å². The van der Waals surface area contributed by atoms with E-state index in [1.165, 1.54) is 7.11 Å². The Hall–Kier alpha value is -7.14. The van der Waals surface area contributed by atoms with E-state index in [4.69, 9.17) is 4.74 Å². The zero-order valence-electron chi connectivity index (χ0n) is 46.4. The number of rotatable bonds is 7. The number of methoxy groups -OCH3 is 1. The average molecular weight is 1080 g/mol. The van der Waals surface area contributed by atoms with Crippen LogP contribution in [0.2, 0.25) is 0 Å². The molecule has 0 radical (unpaired) electrons. The molecule has 10 rings (SSSR count). The lowest BCUT2D eigenvalue weighted by Crippen LogP contribution is -2.40. The third-order valence-corrected chi connectivity index (χ3v) is 17.5. The number of ether oxygens (including phenoxy) is 1. The number of carbonyl (C=O) groups is 2. The number of β-amino-alcohol motifs (C(OH)–C–C–N with tert-alkyl or cyclic N) is 1. The van der Waals surface area contributed by atoms with E-state index in [0.29, 0.717) is 87.5 Å². The van der Waals surface area contributed by atoms with Crippen LogP contribution < -0.4 is 20.7 Å². The summed E-state index contributed by atoms with van der Waals surface area (Å²) in [7, 11) is 1.52. The Morgan fingerprint density at radius 3 is 2.35 bits per heavy atom. The molecule has 10 unspecified atom stereocenters. The number of phenols is 2.